The maximum atomic E-state index is 12.8. The first kappa shape index (κ1) is 20.5. The molecule has 150 valence electrons. The fraction of sp³-hybridized carbons (Fsp3) is 0.240. The van der Waals surface area contributed by atoms with Crippen LogP contribution in [0.3, 0.4) is 0 Å². The van der Waals surface area contributed by atoms with Crippen LogP contribution in [0.5, 0.6) is 11.5 Å². The van der Waals surface area contributed by atoms with Crippen LogP contribution >= 0.6 is 0 Å². The van der Waals surface area contributed by atoms with E-state index in [4.69, 9.17) is 9.47 Å². The minimum absolute atomic E-state index is 0.125. The van der Waals surface area contributed by atoms with Gasteiger partial charge in [-0.3, -0.25) is 4.79 Å². The van der Waals surface area contributed by atoms with Crippen LogP contribution < -0.4 is 14.8 Å². The average molecular weight is 389 g/mol. The van der Waals surface area contributed by atoms with Crippen molar-refractivity contribution in [1.29, 1.82) is 0 Å². The summed E-state index contributed by atoms with van der Waals surface area (Å²) in [5, 5.41) is 2.94. The molecule has 0 bridgehead atoms. The number of benzene rings is 3. The molecule has 4 nitrogen and oxygen atoms in total. The monoisotopic (exact) mass is 389 g/mol. The van der Waals surface area contributed by atoms with Gasteiger partial charge in [0.2, 0.25) is 0 Å². The lowest BCUT2D eigenvalue weighted by Gasteiger charge is -2.14. The van der Waals surface area contributed by atoms with E-state index in [0.717, 1.165) is 18.6 Å². The third kappa shape index (κ3) is 6.11. The second-order valence-electron chi connectivity index (χ2n) is 6.90. The Labute approximate surface area is 172 Å². The standard InChI is InChI=1S/C25H27NO3/c1-3-19(2)29-22-13-9-12-21(18-22)26-25(27)23-14-7-8-15-24(23)28-17-16-20-10-5-4-6-11-20/h4-15,18-19H,3,16-17H2,1-2H3,(H,26,27). The molecule has 0 spiro atoms. The molecule has 0 heterocycles. The molecular formula is C25H27NO3. The van der Waals surface area contributed by atoms with Crippen LogP contribution in [0.2, 0.25) is 0 Å². The summed E-state index contributed by atoms with van der Waals surface area (Å²) in [7, 11) is 0. The summed E-state index contributed by atoms with van der Waals surface area (Å²) in [5.41, 5.74) is 2.40. The van der Waals surface area contributed by atoms with E-state index in [1.165, 1.54) is 5.56 Å². The van der Waals surface area contributed by atoms with E-state index in [-0.39, 0.29) is 12.0 Å². The van der Waals surface area contributed by atoms with Gasteiger partial charge in [-0.2, -0.15) is 0 Å². The van der Waals surface area contributed by atoms with Crippen molar-refractivity contribution in [2.75, 3.05) is 11.9 Å². The third-order valence-corrected chi connectivity index (χ3v) is 4.63. The van der Waals surface area contributed by atoms with E-state index in [1.54, 1.807) is 6.07 Å². The summed E-state index contributed by atoms with van der Waals surface area (Å²) in [6.45, 7) is 4.60. The first-order valence-corrected chi connectivity index (χ1v) is 9.99. The van der Waals surface area contributed by atoms with Gasteiger partial charge >= 0.3 is 0 Å². The van der Waals surface area contributed by atoms with Gasteiger partial charge in [0.15, 0.2) is 0 Å². The largest absolute Gasteiger partial charge is 0.492 e. The number of carbonyl (C=O) groups excluding carboxylic acids is 1. The molecule has 1 unspecified atom stereocenters. The Kier molecular flexibility index (Phi) is 7.28. The van der Waals surface area contributed by atoms with Crippen LogP contribution in [-0.4, -0.2) is 18.6 Å². The highest BCUT2D eigenvalue weighted by Gasteiger charge is 2.13. The second-order valence-corrected chi connectivity index (χ2v) is 6.90. The van der Waals surface area contributed by atoms with E-state index in [9.17, 15) is 4.79 Å². The Morgan fingerprint density at radius 3 is 2.52 bits per heavy atom. The van der Waals surface area contributed by atoms with Crippen LogP contribution in [0.25, 0.3) is 0 Å². The van der Waals surface area contributed by atoms with Gasteiger partial charge in [0, 0.05) is 18.2 Å². The normalized spacial score (nSPS) is 11.5. The number of para-hydroxylation sites is 1. The molecule has 3 rings (SSSR count). The molecule has 0 aliphatic carbocycles. The Balaban J connectivity index is 1.64. The highest BCUT2D eigenvalue weighted by atomic mass is 16.5. The van der Waals surface area contributed by atoms with Crippen molar-refractivity contribution < 1.29 is 14.3 Å². The first-order valence-electron chi connectivity index (χ1n) is 9.99. The molecule has 29 heavy (non-hydrogen) atoms. The zero-order valence-electron chi connectivity index (χ0n) is 16.9. The minimum atomic E-state index is -0.207. The van der Waals surface area contributed by atoms with E-state index in [0.29, 0.717) is 23.6 Å². The van der Waals surface area contributed by atoms with Crippen LogP contribution in [0.15, 0.2) is 78.9 Å². The van der Waals surface area contributed by atoms with E-state index >= 15 is 0 Å². The Morgan fingerprint density at radius 1 is 0.966 bits per heavy atom. The zero-order valence-corrected chi connectivity index (χ0v) is 16.9. The minimum Gasteiger partial charge on any atom is -0.492 e. The van der Waals surface area contributed by atoms with E-state index in [2.05, 4.69) is 24.4 Å². The van der Waals surface area contributed by atoms with Crippen molar-refractivity contribution in [3.8, 4) is 11.5 Å². The molecule has 0 radical (unpaired) electrons. The van der Waals surface area contributed by atoms with Crippen LogP contribution in [0.1, 0.15) is 36.2 Å². The predicted molar refractivity (Wildman–Crippen MR) is 117 cm³/mol. The van der Waals surface area contributed by atoms with E-state index in [1.807, 2.05) is 67.6 Å². The molecule has 4 heteroatoms. The molecule has 0 aliphatic rings. The lowest BCUT2D eigenvalue weighted by atomic mass is 10.1. The fourth-order valence-electron chi connectivity index (χ4n) is 2.86. The lowest BCUT2D eigenvalue weighted by Crippen LogP contribution is -2.15. The van der Waals surface area contributed by atoms with Gasteiger partial charge in [-0.15, -0.1) is 0 Å². The molecule has 0 fully saturated rings. The Bertz CT molecular complexity index is 924. The third-order valence-electron chi connectivity index (χ3n) is 4.63. The van der Waals surface area contributed by atoms with Crippen molar-refractivity contribution >= 4 is 11.6 Å². The number of ether oxygens (including phenoxy) is 2. The van der Waals surface area contributed by atoms with Gasteiger partial charge in [0.05, 0.1) is 18.3 Å². The van der Waals surface area contributed by atoms with Crippen LogP contribution in [-0.2, 0) is 6.42 Å². The smallest absolute Gasteiger partial charge is 0.259 e. The summed E-state index contributed by atoms with van der Waals surface area (Å²) in [6, 6.07) is 24.9. The van der Waals surface area contributed by atoms with Gasteiger partial charge in [-0.05, 0) is 43.2 Å². The van der Waals surface area contributed by atoms with Crippen molar-refractivity contribution in [3.05, 3.63) is 90.0 Å². The number of rotatable bonds is 9. The molecule has 1 N–H and O–H groups in total. The summed E-state index contributed by atoms with van der Waals surface area (Å²) in [4.78, 5) is 12.8. The van der Waals surface area contributed by atoms with Crippen molar-refractivity contribution in [2.45, 2.75) is 32.8 Å². The van der Waals surface area contributed by atoms with Gasteiger partial charge in [-0.1, -0.05) is 55.5 Å². The average Bonchev–Trinajstić information content (AvgIpc) is 2.75. The molecule has 1 atom stereocenters. The molecule has 1 amide bonds. The maximum absolute atomic E-state index is 12.8. The van der Waals surface area contributed by atoms with Crippen molar-refractivity contribution in [3.63, 3.8) is 0 Å². The SMILES string of the molecule is CCC(C)Oc1cccc(NC(=O)c2ccccc2OCCc2ccccc2)c1. The quantitative estimate of drug-likeness (QED) is 0.508. The molecule has 0 aromatic heterocycles. The number of hydrogen-bond donors (Lipinski definition) is 1. The summed E-state index contributed by atoms with van der Waals surface area (Å²) >= 11 is 0. The molecule has 0 saturated heterocycles. The fourth-order valence-corrected chi connectivity index (χ4v) is 2.86. The van der Waals surface area contributed by atoms with Gasteiger partial charge in [0.25, 0.3) is 5.91 Å². The summed E-state index contributed by atoms with van der Waals surface area (Å²) < 4.78 is 11.7. The molecular weight excluding hydrogens is 362 g/mol. The van der Waals surface area contributed by atoms with Gasteiger partial charge < -0.3 is 14.8 Å². The number of anilines is 1. The Morgan fingerprint density at radius 2 is 1.72 bits per heavy atom. The highest BCUT2D eigenvalue weighted by Crippen LogP contribution is 2.23. The zero-order chi connectivity index (χ0) is 20.5. The first-order chi connectivity index (χ1) is 14.2. The van der Waals surface area contributed by atoms with Crippen LogP contribution in [0, 0.1) is 0 Å². The topological polar surface area (TPSA) is 47.6 Å². The molecule has 0 saturated carbocycles. The summed E-state index contributed by atoms with van der Waals surface area (Å²) in [5.74, 6) is 1.11. The maximum Gasteiger partial charge on any atom is 0.259 e. The number of hydrogen-bond acceptors (Lipinski definition) is 3. The highest BCUT2D eigenvalue weighted by molar-refractivity contribution is 6.06. The summed E-state index contributed by atoms with van der Waals surface area (Å²) in [6.07, 6.45) is 1.83. The number of carbonyl (C=O) groups is 1. The molecule has 3 aromatic carbocycles. The second kappa shape index (κ2) is 10.3. The number of nitrogens with one attached hydrogen (secondary N) is 1. The van der Waals surface area contributed by atoms with Gasteiger partial charge in [-0.25, -0.2) is 0 Å². The molecule has 3 aromatic rings. The van der Waals surface area contributed by atoms with E-state index < -0.39 is 0 Å². The van der Waals surface area contributed by atoms with Crippen LogP contribution in [0.4, 0.5) is 5.69 Å². The van der Waals surface area contributed by atoms with Crippen molar-refractivity contribution in [2.24, 2.45) is 0 Å². The number of amides is 1. The van der Waals surface area contributed by atoms with Crippen molar-refractivity contribution in [1.82, 2.24) is 0 Å². The van der Waals surface area contributed by atoms with Gasteiger partial charge in [0.1, 0.15) is 11.5 Å². The molecule has 0 aliphatic heterocycles. The lowest BCUT2D eigenvalue weighted by molar-refractivity contribution is 0.102. The predicted octanol–water partition coefficient (Wildman–Crippen LogP) is 5.74. The Hall–Kier alpha value is -3.27.